The molecule has 0 aliphatic carbocycles. The summed E-state index contributed by atoms with van der Waals surface area (Å²) in [6.07, 6.45) is 1.33. The van der Waals surface area contributed by atoms with Gasteiger partial charge in [-0.2, -0.15) is 0 Å². The molecule has 0 spiro atoms. The highest BCUT2D eigenvalue weighted by molar-refractivity contribution is 6.35. The number of ether oxygens (including phenoxy) is 1. The van der Waals surface area contributed by atoms with Crippen molar-refractivity contribution in [3.63, 3.8) is 0 Å². The normalized spacial score (nSPS) is 14.0. The van der Waals surface area contributed by atoms with Gasteiger partial charge in [0.25, 0.3) is 11.8 Å². The molecule has 1 heterocycles. The Morgan fingerprint density at radius 1 is 0.880 bits per heavy atom. The number of carbonyl (C=O) groups is 3. The molecule has 0 aromatic heterocycles. The number of halogens is 2. The van der Waals surface area contributed by atoms with Crippen molar-refractivity contribution < 1.29 is 19.1 Å². The lowest BCUT2D eigenvalue weighted by atomic mass is 10.1. The number of hydrogen-bond acceptors (Lipinski definition) is 4. The van der Waals surface area contributed by atoms with E-state index in [-0.39, 0.29) is 5.57 Å². The van der Waals surface area contributed by atoms with E-state index in [0.717, 1.165) is 0 Å². The molecular weight excluding hydrogens is 367 g/mol. The van der Waals surface area contributed by atoms with Gasteiger partial charge in [0.2, 0.25) is 0 Å². The van der Waals surface area contributed by atoms with E-state index in [1.807, 2.05) is 10.6 Å². The van der Waals surface area contributed by atoms with Crippen LogP contribution in [0.25, 0.3) is 6.08 Å². The van der Waals surface area contributed by atoms with Crippen molar-refractivity contribution in [3.8, 4) is 11.5 Å². The number of urea groups is 1. The topological polar surface area (TPSA) is 84.5 Å². The van der Waals surface area contributed by atoms with Crippen molar-refractivity contribution in [1.29, 1.82) is 0 Å². The Labute approximate surface area is 152 Å². The molecule has 0 unspecified atom stereocenters. The molecule has 2 aromatic carbocycles. The first kappa shape index (κ1) is 17.0. The smallest absolute Gasteiger partial charge is 0.328 e. The Bertz CT molecular complexity index is 903. The Morgan fingerprint density at radius 2 is 1.56 bits per heavy atom. The quantitative estimate of drug-likeness (QED) is 0.633. The SMILES string of the molecule is O=C1NC(=O)C(=Cc2ccccc2Oc2ccc(Cl)cc2Cl)C(=O)N1. The van der Waals surface area contributed by atoms with Crippen LogP contribution in [0.5, 0.6) is 11.5 Å². The lowest BCUT2D eigenvalue weighted by molar-refractivity contribution is -0.123. The minimum atomic E-state index is -0.857. The highest BCUT2D eigenvalue weighted by Crippen LogP contribution is 2.33. The second-order valence-corrected chi connectivity index (χ2v) is 5.85. The third-order valence-electron chi connectivity index (χ3n) is 3.28. The van der Waals surface area contributed by atoms with Gasteiger partial charge < -0.3 is 4.74 Å². The van der Waals surface area contributed by atoms with Crippen LogP contribution in [-0.2, 0) is 9.59 Å². The second-order valence-electron chi connectivity index (χ2n) is 5.01. The summed E-state index contributed by atoms with van der Waals surface area (Å²) in [7, 11) is 0. The van der Waals surface area contributed by atoms with Gasteiger partial charge >= 0.3 is 6.03 Å². The first-order valence-corrected chi connectivity index (χ1v) is 7.80. The lowest BCUT2D eigenvalue weighted by Crippen LogP contribution is -2.51. The van der Waals surface area contributed by atoms with Gasteiger partial charge in [0.05, 0.1) is 5.02 Å². The minimum absolute atomic E-state index is 0.210. The zero-order valence-corrected chi connectivity index (χ0v) is 14.0. The van der Waals surface area contributed by atoms with Crippen LogP contribution in [0.4, 0.5) is 4.79 Å². The number of benzene rings is 2. The van der Waals surface area contributed by atoms with Crippen LogP contribution in [0.2, 0.25) is 10.0 Å². The van der Waals surface area contributed by atoms with E-state index in [9.17, 15) is 14.4 Å². The molecule has 0 bridgehead atoms. The number of amides is 4. The lowest BCUT2D eigenvalue weighted by Gasteiger charge is -2.15. The molecular formula is C17H10Cl2N2O4. The molecule has 6 nitrogen and oxygen atoms in total. The van der Waals surface area contributed by atoms with E-state index in [1.54, 1.807) is 36.4 Å². The number of rotatable bonds is 3. The van der Waals surface area contributed by atoms with Crippen molar-refractivity contribution in [2.45, 2.75) is 0 Å². The van der Waals surface area contributed by atoms with Gasteiger partial charge in [-0.15, -0.1) is 0 Å². The summed E-state index contributed by atoms with van der Waals surface area (Å²) in [4.78, 5) is 34.8. The maximum Gasteiger partial charge on any atom is 0.328 e. The van der Waals surface area contributed by atoms with Crippen molar-refractivity contribution >= 4 is 47.1 Å². The molecule has 4 amide bonds. The van der Waals surface area contributed by atoms with E-state index in [1.165, 1.54) is 12.1 Å². The molecule has 3 rings (SSSR count). The van der Waals surface area contributed by atoms with Gasteiger partial charge in [0.1, 0.15) is 17.1 Å². The first-order chi connectivity index (χ1) is 11.9. The van der Waals surface area contributed by atoms with Gasteiger partial charge in [0, 0.05) is 10.6 Å². The third-order valence-corrected chi connectivity index (χ3v) is 3.81. The van der Waals surface area contributed by atoms with Crippen LogP contribution < -0.4 is 15.4 Å². The van der Waals surface area contributed by atoms with Crippen molar-refractivity contribution in [3.05, 3.63) is 63.6 Å². The first-order valence-electron chi connectivity index (χ1n) is 7.04. The highest BCUT2D eigenvalue weighted by atomic mass is 35.5. The fourth-order valence-corrected chi connectivity index (χ4v) is 2.58. The second kappa shape index (κ2) is 6.96. The molecule has 0 atom stereocenters. The van der Waals surface area contributed by atoms with E-state index in [2.05, 4.69) is 0 Å². The van der Waals surface area contributed by atoms with Crippen molar-refractivity contribution in [2.75, 3.05) is 0 Å². The molecule has 25 heavy (non-hydrogen) atoms. The van der Waals surface area contributed by atoms with E-state index in [0.29, 0.717) is 27.1 Å². The van der Waals surface area contributed by atoms with E-state index >= 15 is 0 Å². The van der Waals surface area contributed by atoms with E-state index in [4.69, 9.17) is 27.9 Å². The van der Waals surface area contributed by atoms with Crippen LogP contribution in [0.3, 0.4) is 0 Å². The van der Waals surface area contributed by atoms with Crippen LogP contribution in [-0.4, -0.2) is 17.8 Å². The zero-order chi connectivity index (χ0) is 18.0. The van der Waals surface area contributed by atoms with Crippen LogP contribution in [0.15, 0.2) is 48.0 Å². The molecule has 1 aliphatic rings. The maximum atomic E-state index is 11.8. The van der Waals surface area contributed by atoms with Gasteiger partial charge in [0.15, 0.2) is 0 Å². The molecule has 8 heteroatoms. The average Bonchev–Trinajstić information content (AvgIpc) is 2.55. The third kappa shape index (κ3) is 3.81. The number of para-hydroxylation sites is 1. The number of barbiturate groups is 1. The zero-order valence-electron chi connectivity index (χ0n) is 12.5. The highest BCUT2D eigenvalue weighted by Gasteiger charge is 2.28. The number of nitrogens with one attached hydrogen (secondary N) is 2. The largest absolute Gasteiger partial charge is 0.455 e. The molecule has 2 N–H and O–H groups in total. The van der Waals surface area contributed by atoms with Crippen molar-refractivity contribution in [2.24, 2.45) is 0 Å². The predicted octanol–water partition coefficient (Wildman–Crippen LogP) is 3.54. The predicted molar refractivity (Wildman–Crippen MR) is 92.6 cm³/mol. The minimum Gasteiger partial charge on any atom is -0.455 e. The van der Waals surface area contributed by atoms with Crippen molar-refractivity contribution in [1.82, 2.24) is 10.6 Å². The summed E-state index contributed by atoms with van der Waals surface area (Å²) in [5.74, 6) is -0.831. The van der Waals surface area contributed by atoms with Gasteiger partial charge in [-0.1, -0.05) is 41.4 Å². The van der Waals surface area contributed by atoms with Crippen LogP contribution >= 0.6 is 23.2 Å². The Morgan fingerprint density at radius 3 is 2.24 bits per heavy atom. The number of imide groups is 2. The monoisotopic (exact) mass is 376 g/mol. The summed E-state index contributed by atoms with van der Waals surface area (Å²) in [5.41, 5.74) is 0.251. The molecule has 1 saturated heterocycles. The molecule has 1 fully saturated rings. The standard InChI is InChI=1S/C17H10Cl2N2O4/c18-10-5-6-14(12(19)8-10)25-13-4-2-1-3-9(13)7-11-15(22)20-17(24)21-16(11)23/h1-8H,(H2,20,21,22,23,24). The molecule has 2 aromatic rings. The van der Waals surface area contributed by atoms with Crippen LogP contribution in [0, 0.1) is 0 Å². The number of carbonyl (C=O) groups excluding carboxylic acids is 3. The summed E-state index contributed by atoms with van der Waals surface area (Å²) < 4.78 is 5.76. The summed E-state index contributed by atoms with van der Waals surface area (Å²) in [5, 5.41) is 4.80. The fourth-order valence-electron chi connectivity index (χ4n) is 2.13. The van der Waals surface area contributed by atoms with Gasteiger partial charge in [-0.25, -0.2) is 4.79 Å². The Balaban J connectivity index is 1.96. The van der Waals surface area contributed by atoms with E-state index < -0.39 is 17.8 Å². The van der Waals surface area contributed by atoms with Gasteiger partial charge in [-0.3, -0.25) is 20.2 Å². The molecule has 126 valence electrons. The Hall–Kier alpha value is -2.83. The fraction of sp³-hybridized carbons (Fsp3) is 0. The Kier molecular flexibility index (Phi) is 4.74. The molecule has 0 saturated carbocycles. The number of hydrogen-bond donors (Lipinski definition) is 2. The molecule has 0 radical (unpaired) electrons. The molecule has 1 aliphatic heterocycles. The van der Waals surface area contributed by atoms with Gasteiger partial charge in [-0.05, 0) is 30.3 Å². The average molecular weight is 377 g/mol. The summed E-state index contributed by atoms with van der Waals surface area (Å²) in [6.45, 7) is 0. The summed E-state index contributed by atoms with van der Waals surface area (Å²) in [6, 6.07) is 10.7. The van der Waals surface area contributed by atoms with Crippen LogP contribution in [0.1, 0.15) is 5.56 Å². The maximum absolute atomic E-state index is 11.8. The summed E-state index contributed by atoms with van der Waals surface area (Å²) >= 11 is 12.0.